The Kier molecular flexibility index (Phi) is 12.9. The first-order chi connectivity index (χ1) is 11.5. The highest BCUT2D eigenvalue weighted by atomic mass is 127. The Hall–Kier alpha value is -0.870. The summed E-state index contributed by atoms with van der Waals surface area (Å²) in [5.74, 6) is 0.894. The van der Waals surface area contributed by atoms with Crippen LogP contribution >= 0.6 is 24.0 Å². The zero-order valence-electron chi connectivity index (χ0n) is 15.4. The van der Waals surface area contributed by atoms with E-state index in [1.807, 2.05) is 6.07 Å². The summed E-state index contributed by atoms with van der Waals surface area (Å²) in [5, 5.41) is 6.49. The van der Waals surface area contributed by atoms with Crippen LogP contribution in [0.1, 0.15) is 25.3 Å². The Labute approximate surface area is 169 Å². The molecule has 0 aromatic heterocycles. The third-order valence-electron chi connectivity index (χ3n) is 3.78. The molecule has 1 aromatic carbocycles. The fraction of sp³-hybridized carbons (Fsp3) is 0.588. The van der Waals surface area contributed by atoms with Crippen molar-refractivity contribution in [3.63, 3.8) is 0 Å². The molecular formula is C17H31IN4O2S. The largest absolute Gasteiger partial charge is 0.356 e. The lowest BCUT2D eigenvalue weighted by Gasteiger charge is -2.16. The molecule has 0 heterocycles. The van der Waals surface area contributed by atoms with Gasteiger partial charge in [-0.2, -0.15) is 0 Å². The minimum atomic E-state index is -3.09. The molecule has 0 bridgehead atoms. The van der Waals surface area contributed by atoms with Crippen LogP contribution in [0.3, 0.4) is 0 Å². The van der Waals surface area contributed by atoms with E-state index in [0.717, 1.165) is 31.8 Å². The fourth-order valence-corrected chi connectivity index (χ4v) is 3.08. The number of aliphatic imine (C=N–C) groups is 1. The highest BCUT2D eigenvalue weighted by Crippen LogP contribution is 2.01. The van der Waals surface area contributed by atoms with Crippen LogP contribution in [0.2, 0.25) is 0 Å². The van der Waals surface area contributed by atoms with Crippen LogP contribution in [0.15, 0.2) is 35.3 Å². The number of aryl methyl sites for hydroxylation is 1. The average molecular weight is 482 g/mol. The van der Waals surface area contributed by atoms with Crippen LogP contribution in [0.4, 0.5) is 0 Å². The van der Waals surface area contributed by atoms with Gasteiger partial charge in [0.15, 0.2) is 5.96 Å². The lowest BCUT2D eigenvalue weighted by atomic mass is 10.1. The first kappa shape index (κ1) is 24.1. The van der Waals surface area contributed by atoms with Crippen LogP contribution in [0.25, 0.3) is 0 Å². The number of nitrogens with zero attached hydrogens (tertiary/aromatic N) is 2. The predicted octanol–water partition coefficient (Wildman–Crippen LogP) is 2.07. The molecule has 1 aromatic rings. The average Bonchev–Trinajstić information content (AvgIpc) is 2.60. The molecule has 0 aliphatic heterocycles. The Bertz CT molecular complexity index is 594. The van der Waals surface area contributed by atoms with Gasteiger partial charge in [-0.15, -0.1) is 24.0 Å². The van der Waals surface area contributed by atoms with E-state index in [1.165, 1.54) is 9.87 Å². The summed E-state index contributed by atoms with van der Waals surface area (Å²) in [5.41, 5.74) is 1.34. The maximum Gasteiger partial charge on any atom is 0.213 e. The minimum Gasteiger partial charge on any atom is -0.356 e. The van der Waals surface area contributed by atoms with Gasteiger partial charge in [-0.3, -0.25) is 4.99 Å². The standard InChI is InChI=1S/C17H30N4O2S.HI/c1-4-24(22,23)21(3)15-9-14-20-17(18-2)19-13-8-12-16-10-6-5-7-11-16;/h5-7,10-11H,4,8-9,12-15H2,1-3H3,(H2,18,19,20);1H. The summed E-state index contributed by atoms with van der Waals surface area (Å²) < 4.78 is 24.7. The highest BCUT2D eigenvalue weighted by molar-refractivity contribution is 14.0. The number of sulfonamides is 1. The maximum absolute atomic E-state index is 11.6. The van der Waals surface area contributed by atoms with Crippen molar-refractivity contribution in [1.29, 1.82) is 0 Å². The SMILES string of the molecule is CCS(=O)(=O)N(C)CCCNC(=NC)NCCCc1ccccc1.I. The predicted molar refractivity (Wildman–Crippen MR) is 116 cm³/mol. The first-order valence-electron chi connectivity index (χ1n) is 8.42. The molecule has 0 saturated carbocycles. The van der Waals surface area contributed by atoms with Gasteiger partial charge < -0.3 is 10.6 Å². The number of rotatable bonds is 10. The summed E-state index contributed by atoms with van der Waals surface area (Å²) in [6.07, 6.45) is 2.80. The van der Waals surface area contributed by atoms with Gasteiger partial charge in [0, 0.05) is 33.7 Å². The van der Waals surface area contributed by atoms with E-state index in [1.54, 1.807) is 21.0 Å². The van der Waals surface area contributed by atoms with E-state index in [-0.39, 0.29) is 29.7 Å². The summed E-state index contributed by atoms with van der Waals surface area (Å²) in [6.45, 7) is 3.69. The van der Waals surface area contributed by atoms with Gasteiger partial charge in [0.25, 0.3) is 0 Å². The van der Waals surface area contributed by atoms with Crippen molar-refractivity contribution in [2.45, 2.75) is 26.2 Å². The molecule has 1 rings (SSSR count). The second kappa shape index (κ2) is 13.3. The van der Waals surface area contributed by atoms with E-state index in [9.17, 15) is 8.42 Å². The van der Waals surface area contributed by atoms with E-state index in [4.69, 9.17) is 0 Å². The van der Waals surface area contributed by atoms with Gasteiger partial charge in [0.05, 0.1) is 5.75 Å². The van der Waals surface area contributed by atoms with Crippen molar-refractivity contribution in [2.75, 3.05) is 39.5 Å². The number of nitrogens with one attached hydrogen (secondary N) is 2. The normalized spacial score (nSPS) is 11.9. The van der Waals surface area contributed by atoms with Gasteiger partial charge in [0.1, 0.15) is 0 Å². The van der Waals surface area contributed by atoms with Gasteiger partial charge >= 0.3 is 0 Å². The third kappa shape index (κ3) is 10.0. The third-order valence-corrected chi connectivity index (χ3v) is 5.64. The van der Waals surface area contributed by atoms with Gasteiger partial charge in [0.2, 0.25) is 10.0 Å². The number of halogens is 1. The monoisotopic (exact) mass is 482 g/mol. The van der Waals surface area contributed by atoms with Crippen LogP contribution in [-0.4, -0.2) is 58.2 Å². The number of hydrogen-bond acceptors (Lipinski definition) is 3. The molecule has 144 valence electrons. The van der Waals surface area contributed by atoms with Gasteiger partial charge in [-0.25, -0.2) is 12.7 Å². The second-order valence-electron chi connectivity index (χ2n) is 5.59. The Morgan fingerprint density at radius 2 is 1.72 bits per heavy atom. The molecule has 0 saturated heterocycles. The van der Waals surface area contributed by atoms with Crippen molar-refractivity contribution in [1.82, 2.24) is 14.9 Å². The molecule has 0 atom stereocenters. The molecule has 0 amide bonds. The molecule has 0 spiro atoms. The number of hydrogen-bond donors (Lipinski definition) is 2. The topological polar surface area (TPSA) is 73.8 Å². The van der Waals surface area contributed by atoms with Crippen LogP contribution in [-0.2, 0) is 16.4 Å². The molecule has 0 unspecified atom stereocenters. The molecule has 25 heavy (non-hydrogen) atoms. The molecule has 8 heteroatoms. The van der Waals surface area contributed by atoms with E-state index >= 15 is 0 Å². The first-order valence-corrected chi connectivity index (χ1v) is 10.0. The van der Waals surface area contributed by atoms with Crippen molar-refractivity contribution in [2.24, 2.45) is 4.99 Å². The smallest absolute Gasteiger partial charge is 0.213 e. The van der Waals surface area contributed by atoms with Gasteiger partial charge in [-0.05, 0) is 31.7 Å². The minimum absolute atomic E-state index is 0. The number of guanidine groups is 1. The zero-order valence-corrected chi connectivity index (χ0v) is 18.5. The summed E-state index contributed by atoms with van der Waals surface area (Å²) in [6, 6.07) is 10.4. The molecular weight excluding hydrogens is 451 g/mol. The van der Waals surface area contributed by atoms with E-state index < -0.39 is 10.0 Å². The molecule has 0 fully saturated rings. The fourth-order valence-electron chi connectivity index (χ4n) is 2.23. The quantitative estimate of drug-likeness (QED) is 0.232. The Morgan fingerprint density at radius 1 is 1.12 bits per heavy atom. The van der Waals surface area contributed by atoms with Crippen LogP contribution < -0.4 is 10.6 Å². The molecule has 0 aliphatic carbocycles. The highest BCUT2D eigenvalue weighted by Gasteiger charge is 2.13. The summed E-state index contributed by atoms with van der Waals surface area (Å²) >= 11 is 0. The summed E-state index contributed by atoms with van der Waals surface area (Å²) in [4.78, 5) is 4.18. The van der Waals surface area contributed by atoms with Crippen molar-refractivity contribution < 1.29 is 8.42 Å². The van der Waals surface area contributed by atoms with Crippen LogP contribution in [0.5, 0.6) is 0 Å². The molecule has 2 N–H and O–H groups in total. The van der Waals surface area contributed by atoms with Crippen LogP contribution in [0, 0.1) is 0 Å². The van der Waals surface area contributed by atoms with Crippen molar-refractivity contribution in [3.05, 3.63) is 35.9 Å². The Morgan fingerprint density at radius 3 is 2.28 bits per heavy atom. The van der Waals surface area contributed by atoms with Crippen molar-refractivity contribution >= 4 is 40.0 Å². The lowest BCUT2D eigenvalue weighted by molar-refractivity contribution is 0.461. The molecule has 6 nitrogen and oxygen atoms in total. The van der Waals surface area contributed by atoms with Gasteiger partial charge in [-0.1, -0.05) is 30.3 Å². The van der Waals surface area contributed by atoms with E-state index in [0.29, 0.717) is 13.1 Å². The summed E-state index contributed by atoms with van der Waals surface area (Å²) in [7, 11) is 0.268. The molecule has 0 aliphatic rings. The van der Waals surface area contributed by atoms with E-state index in [2.05, 4.69) is 39.9 Å². The second-order valence-corrected chi connectivity index (χ2v) is 7.96. The Balaban J connectivity index is 0.00000576. The lowest BCUT2D eigenvalue weighted by Crippen LogP contribution is -2.39. The maximum atomic E-state index is 11.6. The van der Waals surface area contributed by atoms with Crippen molar-refractivity contribution in [3.8, 4) is 0 Å². The number of benzene rings is 1. The molecule has 0 radical (unpaired) electrons. The zero-order chi connectivity index (χ0) is 17.8.